The fourth-order valence-corrected chi connectivity index (χ4v) is 4.41. The van der Waals surface area contributed by atoms with E-state index in [-0.39, 0.29) is 18.4 Å². The molecule has 0 spiro atoms. The lowest BCUT2D eigenvalue weighted by Gasteiger charge is -2.13. The molecule has 4 heterocycles. The Morgan fingerprint density at radius 1 is 1.08 bits per heavy atom. The minimum absolute atomic E-state index is 0.0103. The largest absolute Gasteiger partial charge is 0.489 e. The van der Waals surface area contributed by atoms with Crippen molar-refractivity contribution in [1.82, 2.24) is 25.1 Å². The van der Waals surface area contributed by atoms with Crippen molar-refractivity contribution in [3.63, 3.8) is 0 Å². The quantitative estimate of drug-likeness (QED) is 0.347. The van der Waals surface area contributed by atoms with Gasteiger partial charge in [-0.2, -0.15) is 0 Å². The fraction of sp³-hybridized carbons (Fsp3) is 0.308. The summed E-state index contributed by atoms with van der Waals surface area (Å²) in [6, 6.07) is 11.2. The summed E-state index contributed by atoms with van der Waals surface area (Å²) in [7, 11) is 0. The number of hydrogen-bond donors (Lipinski definition) is 2. The summed E-state index contributed by atoms with van der Waals surface area (Å²) in [6.07, 6.45) is 7.74. The maximum atomic E-state index is 10.9. The van der Waals surface area contributed by atoms with Crippen LogP contribution in [0.4, 0.5) is 5.95 Å². The zero-order chi connectivity index (χ0) is 24.9. The lowest BCUT2D eigenvalue weighted by molar-refractivity contribution is -0.138. The molecule has 1 aliphatic rings. The second-order valence-corrected chi connectivity index (χ2v) is 8.81. The zero-order valence-corrected chi connectivity index (χ0v) is 19.8. The minimum atomic E-state index is -0.758. The summed E-state index contributed by atoms with van der Waals surface area (Å²) in [5.41, 5.74) is 3.74. The zero-order valence-electron chi connectivity index (χ0n) is 19.8. The molecule has 0 aliphatic heterocycles. The SMILES string of the molecule is Cc1noc(-c2ccc(O[C@@H]3CC[C@@H](CC(=O)O)C3)cn2)c1CNc1nccc(-c2ccccn2)n1. The molecule has 36 heavy (non-hydrogen) atoms. The summed E-state index contributed by atoms with van der Waals surface area (Å²) in [5, 5.41) is 16.4. The molecule has 0 unspecified atom stereocenters. The summed E-state index contributed by atoms with van der Waals surface area (Å²) >= 11 is 0. The number of aromatic nitrogens is 5. The standard InChI is InChI=1S/C26H26N6O4/c1-16-20(15-30-26-28-11-9-22(31-26)21-4-2-3-10-27-21)25(36-32-16)23-8-7-19(14-29-23)35-18-6-5-17(12-18)13-24(33)34/h2-4,7-11,14,17-18H,5-6,12-13,15H2,1H3,(H,33,34)(H,28,30,31)/t17-,18-/m1/s1. The molecule has 1 aliphatic carbocycles. The van der Waals surface area contributed by atoms with E-state index < -0.39 is 5.97 Å². The monoisotopic (exact) mass is 486 g/mol. The van der Waals surface area contributed by atoms with E-state index in [4.69, 9.17) is 14.4 Å². The number of ether oxygens (including phenoxy) is 1. The Bertz CT molecular complexity index is 1330. The van der Waals surface area contributed by atoms with Gasteiger partial charge in [-0.25, -0.2) is 15.0 Å². The van der Waals surface area contributed by atoms with E-state index in [1.165, 1.54) is 0 Å². The van der Waals surface area contributed by atoms with Crippen molar-refractivity contribution in [3.8, 4) is 28.6 Å². The lowest BCUT2D eigenvalue weighted by Crippen LogP contribution is -2.13. The Balaban J connectivity index is 1.24. The summed E-state index contributed by atoms with van der Waals surface area (Å²) in [6.45, 7) is 2.28. The first-order chi connectivity index (χ1) is 17.5. The van der Waals surface area contributed by atoms with Crippen molar-refractivity contribution >= 4 is 11.9 Å². The highest BCUT2D eigenvalue weighted by atomic mass is 16.5. The maximum absolute atomic E-state index is 10.9. The van der Waals surface area contributed by atoms with Gasteiger partial charge < -0.3 is 19.7 Å². The molecule has 0 bridgehead atoms. The number of hydrogen-bond acceptors (Lipinski definition) is 9. The molecule has 184 valence electrons. The first-order valence-corrected chi connectivity index (χ1v) is 11.8. The molecule has 5 rings (SSSR count). The number of anilines is 1. The Morgan fingerprint density at radius 2 is 2.00 bits per heavy atom. The van der Waals surface area contributed by atoms with Gasteiger partial charge in [-0.05, 0) is 62.4 Å². The highest BCUT2D eigenvalue weighted by molar-refractivity contribution is 5.67. The van der Waals surface area contributed by atoms with Crippen LogP contribution < -0.4 is 10.1 Å². The van der Waals surface area contributed by atoms with E-state index in [2.05, 4.69) is 30.4 Å². The van der Waals surface area contributed by atoms with E-state index in [1.807, 2.05) is 43.3 Å². The van der Waals surface area contributed by atoms with Gasteiger partial charge in [0, 0.05) is 30.9 Å². The molecular weight excluding hydrogens is 460 g/mol. The molecule has 4 aromatic heterocycles. The molecular formula is C26H26N6O4. The number of nitrogens with zero attached hydrogens (tertiary/aromatic N) is 5. The molecule has 10 nitrogen and oxygen atoms in total. The highest BCUT2D eigenvalue weighted by Gasteiger charge is 2.28. The molecule has 1 saturated carbocycles. The van der Waals surface area contributed by atoms with Crippen LogP contribution in [-0.4, -0.2) is 42.3 Å². The molecule has 4 aromatic rings. The Labute approximate surface area is 207 Å². The van der Waals surface area contributed by atoms with E-state index in [1.54, 1.807) is 18.6 Å². The van der Waals surface area contributed by atoms with Gasteiger partial charge >= 0.3 is 5.97 Å². The number of nitrogens with one attached hydrogen (secondary N) is 1. The molecule has 10 heteroatoms. The topological polar surface area (TPSA) is 136 Å². The average molecular weight is 487 g/mol. The molecule has 0 amide bonds. The highest BCUT2D eigenvalue weighted by Crippen LogP contribution is 2.32. The normalized spacial score (nSPS) is 17.1. The summed E-state index contributed by atoms with van der Waals surface area (Å²) in [5.74, 6) is 1.09. The van der Waals surface area contributed by atoms with Crippen molar-refractivity contribution in [2.24, 2.45) is 5.92 Å². The third kappa shape index (κ3) is 5.48. The molecule has 0 saturated heterocycles. The average Bonchev–Trinajstić information content (AvgIpc) is 3.49. The van der Waals surface area contributed by atoms with Gasteiger partial charge in [0.15, 0.2) is 5.76 Å². The van der Waals surface area contributed by atoms with E-state index in [9.17, 15) is 4.79 Å². The van der Waals surface area contributed by atoms with E-state index in [0.29, 0.717) is 29.7 Å². The van der Waals surface area contributed by atoms with Crippen LogP contribution in [0.3, 0.4) is 0 Å². The number of rotatable bonds is 9. The smallest absolute Gasteiger partial charge is 0.303 e. The number of aliphatic carboxylic acids is 1. The van der Waals surface area contributed by atoms with Crippen molar-refractivity contribution in [1.29, 1.82) is 0 Å². The van der Waals surface area contributed by atoms with Gasteiger partial charge in [0.2, 0.25) is 5.95 Å². The van der Waals surface area contributed by atoms with Crippen molar-refractivity contribution < 1.29 is 19.2 Å². The van der Waals surface area contributed by atoms with Crippen LogP contribution in [0.1, 0.15) is 36.9 Å². The number of aryl methyl sites for hydroxylation is 1. The number of pyridine rings is 2. The molecule has 1 fully saturated rings. The molecule has 0 aromatic carbocycles. The minimum Gasteiger partial charge on any atom is -0.489 e. The summed E-state index contributed by atoms with van der Waals surface area (Å²) in [4.78, 5) is 28.7. The number of carbonyl (C=O) groups is 1. The van der Waals surface area contributed by atoms with Crippen LogP contribution >= 0.6 is 0 Å². The third-order valence-electron chi connectivity index (χ3n) is 6.22. The van der Waals surface area contributed by atoms with Crippen molar-refractivity contribution in [2.45, 2.75) is 45.3 Å². The van der Waals surface area contributed by atoms with Crippen LogP contribution in [0.2, 0.25) is 0 Å². The van der Waals surface area contributed by atoms with Crippen LogP contribution in [0.5, 0.6) is 5.75 Å². The Morgan fingerprint density at radius 3 is 2.78 bits per heavy atom. The van der Waals surface area contributed by atoms with Crippen molar-refractivity contribution in [3.05, 3.63) is 66.2 Å². The van der Waals surface area contributed by atoms with Gasteiger partial charge in [0.25, 0.3) is 0 Å². The first-order valence-electron chi connectivity index (χ1n) is 11.8. The van der Waals surface area contributed by atoms with E-state index >= 15 is 0 Å². The first kappa shape index (κ1) is 23.4. The van der Waals surface area contributed by atoms with E-state index in [0.717, 1.165) is 41.9 Å². The summed E-state index contributed by atoms with van der Waals surface area (Å²) < 4.78 is 11.6. The maximum Gasteiger partial charge on any atom is 0.303 e. The van der Waals surface area contributed by atoms with Gasteiger partial charge in [0.05, 0.1) is 29.4 Å². The third-order valence-corrected chi connectivity index (χ3v) is 6.22. The Kier molecular flexibility index (Phi) is 6.83. The molecule has 2 N–H and O–H groups in total. The van der Waals surface area contributed by atoms with Crippen LogP contribution in [0.25, 0.3) is 22.8 Å². The number of carboxylic acids is 1. The number of carboxylic acid groups (broad SMARTS) is 1. The fourth-order valence-electron chi connectivity index (χ4n) is 4.41. The van der Waals surface area contributed by atoms with Gasteiger partial charge in [-0.1, -0.05) is 11.2 Å². The van der Waals surface area contributed by atoms with Gasteiger partial charge in [0.1, 0.15) is 11.4 Å². The lowest BCUT2D eigenvalue weighted by atomic mass is 10.0. The van der Waals surface area contributed by atoms with Crippen molar-refractivity contribution in [2.75, 3.05) is 5.32 Å². The molecule has 2 atom stereocenters. The molecule has 0 radical (unpaired) electrons. The van der Waals surface area contributed by atoms with Gasteiger partial charge in [-0.15, -0.1) is 0 Å². The second kappa shape index (κ2) is 10.5. The Hall–Kier alpha value is -4.34. The predicted molar refractivity (Wildman–Crippen MR) is 131 cm³/mol. The van der Waals surface area contributed by atoms with Crippen LogP contribution in [0, 0.1) is 12.8 Å². The van der Waals surface area contributed by atoms with Gasteiger partial charge in [-0.3, -0.25) is 9.78 Å². The predicted octanol–water partition coefficient (Wildman–Crippen LogP) is 4.53. The van der Waals surface area contributed by atoms with Crippen LogP contribution in [0.15, 0.2) is 59.5 Å². The van der Waals surface area contributed by atoms with Crippen LogP contribution in [-0.2, 0) is 11.3 Å². The second-order valence-electron chi connectivity index (χ2n) is 8.81.